The zero-order chi connectivity index (χ0) is 27.2. The van der Waals surface area contributed by atoms with Crippen molar-refractivity contribution in [3.8, 4) is 0 Å². The predicted molar refractivity (Wildman–Crippen MR) is 142 cm³/mol. The van der Waals surface area contributed by atoms with E-state index < -0.39 is 0 Å². The molecule has 0 radical (unpaired) electrons. The quantitative estimate of drug-likeness (QED) is 0.413. The molecule has 0 saturated heterocycles. The number of methoxy groups -OCH3 is 2. The Morgan fingerprint density at radius 2 is 0.974 bits per heavy atom. The van der Waals surface area contributed by atoms with E-state index in [0.29, 0.717) is 22.3 Å². The van der Waals surface area contributed by atoms with Gasteiger partial charge in [-0.3, -0.25) is 19.2 Å². The van der Waals surface area contributed by atoms with Gasteiger partial charge in [0.05, 0.1) is 26.1 Å². The second-order valence-corrected chi connectivity index (χ2v) is 11.9. The Kier molecular flexibility index (Phi) is 6.79. The number of carbonyl (C=O) groups is 4. The lowest BCUT2D eigenvalue weighted by molar-refractivity contribution is -0.147. The van der Waals surface area contributed by atoms with E-state index in [1.807, 2.05) is 24.3 Å². The van der Waals surface area contributed by atoms with Crippen molar-refractivity contribution in [3.63, 3.8) is 0 Å². The molecule has 38 heavy (non-hydrogen) atoms. The van der Waals surface area contributed by atoms with Gasteiger partial charge in [-0.2, -0.15) is 0 Å². The monoisotopic (exact) mass is 516 g/mol. The van der Waals surface area contributed by atoms with Gasteiger partial charge in [0.25, 0.3) is 0 Å². The maximum absolute atomic E-state index is 13.8. The molecule has 3 aliphatic carbocycles. The van der Waals surface area contributed by atoms with Gasteiger partial charge in [-0.15, -0.1) is 0 Å². The smallest absolute Gasteiger partial charge is 0.308 e. The summed E-state index contributed by atoms with van der Waals surface area (Å²) in [5.41, 5.74) is 3.57. The van der Waals surface area contributed by atoms with Crippen molar-refractivity contribution >= 4 is 23.5 Å². The highest BCUT2D eigenvalue weighted by Gasteiger charge is 2.39. The van der Waals surface area contributed by atoms with Crippen LogP contribution in [0.1, 0.15) is 108 Å². The molecule has 5 rings (SSSR count). The number of hydrogen-bond acceptors (Lipinski definition) is 6. The minimum absolute atomic E-state index is 0.0803. The number of fused-ring (bicyclic) bond motifs is 2. The van der Waals surface area contributed by atoms with Crippen molar-refractivity contribution < 1.29 is 28.7 Å². The van der Waals surface area contributed by atoms with E-state index in [1.54, 1.807) is 12.1 Å². The average molecular weight is 517 g/mol. The average Bonchev–Trinajstić information content (AvgIpc) is 2.95. The van der Waals surface area contributed by atoms with E-state index in [1.165, 1.54) is 14.2 Å². The third-order valence-electron chi connectivity index (χ3n) is 9.66. The molecule has 0 N–H and O–H groups in total. The van der Waals surface area contributed by atoms with E-state index in [-0.39, 0.29) is 46.2 Å². The first-order valence-electron chi connectivity index (χ1n) is 13.6. The van der Waals surface area contributed by atoms with Gasteiger partial charge < -0.3 is 9.47 Å². The standard InChI is InChI=1S/C32H36O6/c1-31(13-9-19(10-14-31)29(35)37-3)21-5-7-23-25(17-21)28(34)26-18-22(6-8-24(26)27(23)33)32(2)15-11-20(12-16-32)30(36)38-4/h5-8,17-20H,9-16H2,1-4H3. The van der Waals surface area contributed by atoms with Crippen LogP contribution in [0.2, 0.25) is 0 Å². The van der Waals surface area contributed by atoms with E-state index in [0.717, 1.165) is 62.5 Å². The van der Waals surface area contributed by atoms with Crippen molar-refractivity contribution in [3.05, 3.63) is 69.8 Å². The molecular formula is C32H36O6. The van der Waals surface area contributed by atoms with Crippen molar-refractivity contribution in [1.29, 1.82) is 0 Å². The van der Waals surface area contributed by atoms with Gasteiger partial charge in [0.15, 0.2) is 11.6 Å². The SMILES string of the molecule is COC(=O)C1CCC(C)(c2ccc3c(c2)C(=O)c2cc(C4(C)CCC(C(=O)OC)CC4)ccc2C3=O)CC1. The van der Waals surface area contributed by atoms with Gasteiger partial charge in [0.1, 0.15) is 0 Å². The summed E-state index contributed by atoms with van der Waals surface area (Å²) in [7, 11) is 2.86. The van der Waals surface area contributed by atoms with Crippen molar-refractivity contribution in [2.75, 3.05) is 14.2 Å². The van der Waals surface area contributed by atoms with Gasteiger partial charge >= 0.3 is 11.9 Å². The Morgan fingerprint density at radius 3 is 1.32 bits per heavy atom. The molecule has 2 aromatic carbocycles. The molecular weight excluding hydrogens is 480 g/mol. The predicted octanol–water partition coefficient (Wildman–Crippen LogP) is 5.70. The zero-order valence-electron chi connectivity index (χ0n) is 22.7. The number of esters is 2. The lowest BCUT2D eigenvalue weighted by Gasteiger charge is -2.38. The normalized spacial score (nSPS) is 28.7. The number of ketones is 2. The van der Waals surface area contributed by atoms with Crippen molar-refractivity contribution in [1.82, 2.24) is 0 Å². The molecule has 6 nitrogen and oxygen atoms in total. The summed E-state index contributed by atoms with van der Waals surface area (Å²) >= 11 is 0. The van der Waals surface area contributed by atoms with E-state index in [9.17, 15) is 19.2 Å². The summed E-state index contributed by atoms with van der Waals surface area (Å²) in [5, 5.41) is 0. The third kappa shape index (κ3) is 4.38. The summed E-state index contributed by atoms with van der Waals surface area (Å²) in [4.78, 5) is 51.3. The number of hydrogen-bond donors (Lipinski definition) is 0. The summed E-state index contributed by atoms with van der Waals surface area (Å²) in [6.07, 6.45) is 6.25. The van der Waals surface area contributed by atoms with Crippen molar-refractivity contribution in [2.24, 2.45) is 11.8 Å². The highest BCUT2D eigenvalue weighted by Crippen LogP contribution is 2.45. The van der Waals surface area contributed by atoms with Crippen LogP contribution in [0.4, 0.5) is 0 Å². The molecule has 0 heterocycles. The second-order valence-electron chi connectivity index (χ2n) is 11.9. The first-order chi connectivity index (χ1) is 18.1. The Hall–Kier alpha value is -3.28. The molecule has 0 unspecified atom stereocenters. The van der Waals surface area contributed by atoms with Gasteiger partial charge in [-0.1, -0.05) is 26.0 Å². The van der Waals surface area contributed by atoms with Crippen LogP contribution in [0, 0.1) is 11.8 Å². The van der Waals surface area contributed by atoms with Gasteiger partial charge in [0.2, 0.25) is 0 Å². The van der Waals surface area contributed by atoms with Crippen molar-refractivity contribution in [2.45, 2.75) is 76.0 Å². The van der Waals surface area contributed by atoms with Gasteiger partial charge in [-0.25, -0.2) is 0 Å². The van der Waals surface area contributed by atoms with Crippen LogP contribution in [0.25, 0.3) is 0 Å². The second kappa shape index (κ2) is 9.79. The van der Waals surface area contributed by atoms with Crippen LogP contribution in [-0.4, -0.2) is 37.7 Å². The molecule has 0 amide bonds. The molecule has 0 atom stereocenters. The number of ether oxygens (including phenoxy) is 2. The van der Waals surface area contributed by atoms with Crippen LogP contribution in [0.5, 0.6) is 0 Å². The Bertz CT molecular complexity index is 1210. The number of benzene rings is 2. The minimum atomic E-state index is -0.170. The zero-order valence-corrected chi connectivity index (χ0v) is 22.7. The Balaban J connectivity index is 1.42. The van der Waals surface area contributed by atoms with Crippen LogP contribution in [0.3, 0.4) is 0 Å². The van der Waals surface area contributed by atoms with Gasteiger partial charge in [0, 0.05) is 22.3 Å². The number of carbonyl (C=O) groups excluding carboxylic acids is 4. The largest absolute Gasteiger partial charge is 0.469 e. The molecule has 0 spiro atoms. The maximum Gasteiger partial charge on any atom is 0.308 e. The first kappa shape index (κ1) is 26.3. The van der Waals surface area contributed by atoms with E-state index in [2.05, 4.69) is 13.8 Å². The molecule has 2 fully saturated rings. The fourth-order valence-electron chi connectivity index (χ4n) is 6.79. The lowest BCUT2D eigenvalue weighted by Crippen LogP contribution is -2.33. The highest BCUT2D eigenvalue weighted by molar-refractivity contribution is 6.28. The van der Waals surface area contributed by atoms with E-state index >= 15 is 0 Å². The molecule has 0 aromatic heterocycles. The molecule has 2 saturated carbocycles. The number of rotatable bonds is 4. The highest BCUT2D eigenvalue weighted by atomic mass is 16.5. The molecule has 2 aromatic rings. The van der Waals surface area contributed by atoms with E-state index in [4.69, 9.17) is 9.47 Å². The summed E-state index contributed by atoms with van der Waals surface area (Å²) in [6.45, 7) is 4.35. The molecule has 200 valence electrons. The summed E-state index contributed by atoms with van der Waals surface area (Å²) in [6, 6.07) is 11.4. The third-order valence-corrected chi connectivity index (χ3v) is 9.66. The minimum Gasteiger partial charge on any atom is -0.469 e. The topological polar surface area (TPSA) is 86.7 Å². The molecule has 6 heteroatoms. The van der Waals surface area contributed by atoms with Crippen LogP contribution < -0.4 is 0 Å². The first-order valence-corrected chi connectivity index (χ1v) is 13.6. The fourth-order valence-corrected chi connectivity index (χ4v) is 6.79. The Labute approximate surface area is 224 Å². The van der Waals surface area contributed by atoms with Crippen LogP contribution in [-0.2, 0) is 29.9 Å². The lowest BCUT2D eigenvalue weighted by atomic mass is 9.66. The summed E-state index contributed by atoms with van der Waals surface area (Å²) < 4.78 is 9.87. The van der Waals surface area contributed by atoms with Gasteiger partial charge in [-0.05, 0) is 97.6 Å². The van der Waals surface area contributed by atoms with Crippen LogP contribution in [0.15, 0.2) is 36.4 Å². The summed E-state index contributed by atoms with van der Waals surface area (Å²) in [5.74, 6) is -0.702. The molecule has 0 aliphatic heterocycles. The molecule has 0 bridgehead atoms. The Morgan fingerprint density at radius 1 is 0.632 bits per heavy atom. The maximum atomic E-state index is 13.8. The van der Waals surface area contributed by atoms with Crippen LogP contribution >= 0.6 is 0 Å². The fraction of sp³-hybridized carbons (Fsp3) is 0.500. The molecule has 3 aliphatic rings.